The molecule has 1 aromatic heterocycles. The number of aromatic nitrogens is 1. The minimum atomic E-state index is -0.503. The summed E-state index contributed by atoms with van der Waals surface area (Å²) in [5.74, 6) is 0.0491. The number of methoxy groups -OCH3 is 1. The molecular weight excluding hydrogens is 409 g/mol. The highest BCUT2D eigenvalue weighted by atomic mass is 35.5. The molecule has 2 aromatic rings. The second-order valence-corrected chi connectivity index (χ2v) is 7.86. The molecule has 27 heavy (non-hydrogen) atoms. The van der Waals surface area contributed by atoms with Crippen molar-refractivity contribution in [2.45, 2.75) is 25.3 Å². The van der Waals surface area contributed by atoms with Crippen LogP contribution in [0.3, 0.4) is 0 Å². The van der Waals surface area contributed by atoms with E-state index in [0.29, 0.717) is 28.8 Å². The van der Waals surface area contributed by atoms with Crippen LogP contribution in [0.25, 0.3) is 10.6 Å². The van der Waals surface area contributed by atoms with Crippen LogP contribution in [0.5, 0.6) is 0 Å². The molecule has 1 aliphatic rings. The molecule has 2 amide bonds. The maximum Gasteiger partial charge on any atom is 0.249 e. The molecule has 0 spiro atoms. The number of piperidine rings is 1. The molecule has 1 atom stereocenters. The summed E-state index contributed by atoms with van der Waals surface area (Å²) < 4.78 is 4.92. The van der Waals surface area contributed by atoms with Gasteiger partial charge in [0, 0.05) is 24.6 Å². The van der Waals surface area contributed by atoms with Gasteiger partial charge in [-0.2, -0.15) is 0 Å². The van der Waals surface area contributed by atoms with Gasteiger partial charge in [0.1, 0.15) is 23.5 Å². The second kappa shape index (κ2) is 9.01. The van der Waals surface area contributed by atoms with Gasteiger partial charge < -0.3 is 15.0 Å². The molecule has 1 fully saturated rings. The lowest BCUT2D eigenvalue weighted by Gasteiger charge is -2.34. The highest BCUT2D eigenvalue weighted by Gasteiger charge is 2.32. The Hall–Kier alpha value is -1.67. The van der Waals surface area contributed by atoms with Crippen LogP contribution in [-0.2, 0) is 14.3 Å². The molecule has 3 rings (SSSR count). The molecule has 0 saturated carbocycles. The van der Waals surface area contributed by atoms with Crippen LogP contribution in [0.15, 0.2) is 23.6 Å². The standard InChI is InChI=1S/C18H19Cl2N3O3S/c1-26-9-16(24)23-7-3-2-4-14(23)17(25)21-15-10-27-18(22-15)11-5-6-12(19)13(20)8-11/h5-6,8,10,14H,2-4,7,9H2,1H3,(H,21,25). The highest BCUT2D eigenvalue weighted by molar-refractivity contribution is 7.13. The van der Waals surface area contributed by atoms with E-state index in [1.165, 1.54) is 18.4 Å². The van der Waals surface area contributed by atoms with Crippen molar-refractivity contribution in [3.8, 4) is 10.6 Å². The van der Waals surface area contributed by atoms with Crippen LogP contribution in [0.2, 0.25) is 10.0 Å². The largest absolute Gasteiger partial charge is 0.375 e. The Kier molecular flexibility index (Phi) is 6.70. The number of thiazole rings is 1. The van der Waals surface area contributed by atoms with Crippen molar-refractivity contribution >= 4 is 52.2 Å². The summed E-state index contributed by atoms with van der Waals surface area (Å²) in [6.45, 7) is 0.536. The molecule has 0 aliphatic carbocycles. The summed E-state index contributed by atoms with van der Waals surface area (Å²) in [6.07, 6.45) is 2.42. The number of hydrogen-bond acceptors (Lipinski definition) is 5. The number of amides is 2. The number of halogens is 2. The fraction of sp³-hybridized carbons (Fsp3) is 0.389. The van der Waals surface area contributed by atoms with Gasteiger partial charge in [0.15, 0.2) is 0 Å². The van der Waals surface area contributed by atoms with E-state index in [4.69, 9.17) is 27.9 Å². The molecule has 0 bridgehead atoms. The van der Waals surface area contributed by atoms with Gasteiger partial charge in [-0.25, -0.2) is 4.98 Å². The third-order valence-corrected chi connectivity index (χ3v) is 5.95. The summed E-state index contributed by atoms with van der Waals surface area (Å²) in [5, 5.41) is 6.23. The molecule has 144 valence electrons. The number of anilines is 1. The molecule has 0 radical (unpaired) electrons. The third-order valence-electron chi connectivity index (χ3n) is 4.32. The quantitative estimate of drug-likeness (QED) is 0.779. The van der Waals surface area contributed by atoms with Gasteiger partial charge in [0.25, 0.3) is 0 Å². The fourth-order valence-electron chi connectivity index (χ4n) is 3.01. The number of carbonyl (C=O) groups excluding carboxylic acids is 2. The summed E-state index contributed by atoms with van der Waals surface area (Å²) >= 11 is 13.4. The first-order valence-corrected chi connectivity index (χ1v) is 10.1. The molecule has 9 heteroatoms. The van der Waals surface area contributed by atoms with E-state index in [1.807, 2.05) is 6.07 Å². The summed E-state index contributed by atoms with van der Waals surface area (Å²) in [7, 11) is 1.47. The lowest BCUT2D eigenvalue weighted by molar-refractivity contribution is -0.143. The zero-order valence-corrected chi connectivity index (χ0v) is 17.0. The van der Waals surface area contributed by atoms with Crippen LogP contribution < -0.4 is 5.32 Å². The first-order valence-electron chi connectivity index (χ1n) is 8.50. The van der Waals surface area contributed by atoms with Crippen LogP contribution in [-0.4, -0.2) is 48.0 Å². The fourth-order valence-corrected chi connectivity index (χ4v) is 4.06. The van der Waals surface area contributed by atoms with E-state index in [-0.39, 0.29) is 18.4 Å². The van der Waals surface area contributed by atoms with Crippen molar-refractivity contribution in [2.75, 3.05) is 25.6 Å². The van der Waals surface area contributed by atoms with Gasteiger partial charge in [-0.1, -0.05) is 29.3 Å². The van der Waals surface area contributed by atoms with Gasteiger partial charge in [-0.05, 0) is 31.4 Å². The summed E-state index contributed by atoms with van der Waals surface area (Å²) in [4.78, 5) is 31.0. The zero-order chi connectivity index (χ0) is 19.4. The monoisotopic (exact) mass is 427 g/mol. The maximum atomic E-state index is 12.7. The predicted octanol–water partition coefficient (Wildman–Crippen LogP) is 4.08. The van der Waals surface area contributed by atoms with E-state index in [2.05, 4.69) is 10.3 Å². The summed E-state index contributed by atoms with van der Waals surface area (Å²) in [6, 6.07) is 4.77. The normalized spacial score (nSPS) is 17.0. The van der Waals surface area contributed by atoms with Crippen molar-refractivity contribution in [1.82, 2.24) is 9.88 Å². The van der Waals surface area contributed by atoms with Crippen LogP contribution in [0.1, 0.15) is 19.3 Å². The molecule has 1 aliphatic heterocycles. The van der Waals surface area contributed by atoms with E-state index in [1.54, 1.807) is 22.4 Å². The summed E-state index contributed by atoms with van der Waals surface area (Å²) in [5.41, 5.74) is 0.824. The third kappa shape index (κ3) is 4.79. The number of carbonyl (C=O) groups is 2. The number of benzene rings is 1. The first-order chi connectivity index (χ1) is 13.0. The molecule has 1 saturated heterocycles. The molecule has 2 heterocycles. The molecule has 1 unspecified atom stereocenters. The predicted molar refractivity (Wildman–Crippen MR) is 107 cm³/mol. The minimum absolute atomic E-state index is 0.0258. The number of nitrogens with one attached hydrogen (secondary N) is 1. The Morgan fingerprint density at radius 3 is 2.89 bits per heavy atom. The minimum Gasteiger partial charge on any atom is -0.375 e. The molecule has 1 N–H and O–H groups in total. The van der Waals surface area contributed by atoms with Gasteiger partial charge in [0.2, 0.25) is 11.8 Å². The van der Waals surface area contributed by atoms with Crippen LogP contribution in [0.4, 0.5) is 5.82 Å². The SMILES string of the molecule is COCC(=O)N1CCCCC1C(=O)Nc1csc(-c2ccc(Cl)c(Cl)c2)n1. The molecule has 6 nitrogen and oxygen atoms in total. The van der Waals surface area contributed by atoms with Gasteiger partial charge in [0.05, 0.1) is 10.0 Å². The Morgan fingerprint density at radius 1 is 1.33 bits per heavy atom. The number of ether oxygens (including phenoxy) is 1. The van der Waals surface area contributed by atoms with Crippen molar-refractivity contribution in [2.24, 2.45) is 0 Å². The molecular formula is C18H19Cl2N3O3S. The van der Waals surface area contributed by atoms with E-state index < -0.39 is 6.04 Å². The van der Waals surface area contributed by atoms with Crippen LogP contribution in [0, 0.1) is 0 Å². The number of hydrogen-bond donors (Lipinski definition) is 1. The first kappa shape index (κ1) is 20.1. The van der Waals surface area contributed by atoms with Gasteiger partial charge in [-0.15, -0.1) is 11.3 Å². The lowest BCUT2D eigenvalue weighted by Crippen LogP contribution is -2.51. The Balaban J connectivity index is 1.71. The van der Waals surface area contributed by atoms with E-state index >= 15 is 0 Å². The number of likely N-dealkylation sites (tertiary alicyclic amines) is 1. The average Bonchev–Trinajstić information content (AvgIpc) is 3.12. The number of rotatable bonds is 5. The van der Waals surface area contributed by atoms with Crippen molar-refractivity contribution in [3.63, 3.8) is 0 Å². The maximum absolute atomic E-state index is 12.7. The van der Waals surface area contributed by atoms with E-state index in [0.717, 1.165) is 23.4 Å². The van der Waals surface area contributed by atoms with Gasteiger partial charge in [-0.3, -0.25) is 9.59 Å². The van der Waals surface area contributed by atoms with E-state index in [9.17, 15) is 9.59 Å². The smallest absolute Gasteiger partial charge is 0.249 e. The Morgan fingerprint density at radius 2 is 2.15 bits per heavy atom. The Labute approximate surface area is 171 Å². The lowest BCUT2D eigenvalue weighted by atomic mass is 10.0. The zero-order valence-electron chi connectivity index (χ0n) is 14.7. The van der Waals surface area contributed by atoms with Crippen molar-refractivity contribution in [3.05, 3.63) is 33.6 Å². The van der Waals surface area contributed by atoms with Crippen LogP contribution >= 0.6 is 34.5 Å². The highest BCUT2D eigenvalue weighted by Crippen LogP contribution is 2.31. The number of nitrogens with zero attached hydrogens (tertiary/aromatic N) is 2. The van der Waals surface area contributed by atoms with Crippen molar-refractivity contribution < 1.29 is 14.3 Å². The topological polar surface area (TPSA) is 71.5 Å². The Bertz CT molecular complexity index is 843. The van der Waals surface area contributed by atoms with Gasteiger partial charge >= 0.3 is 0 Å². The molecule has 1 aromatic carbocycles. The average molecular weight is 428 g/mol. The van der Waals surface area contributed by atoms with Crippen molar-refractivity contribution in [1.29, 1.82) is 0 Å². The second-order valence-electron chi connectivity index (χ2n) is 6.19.